The zero-order chi connectivity index (χ0) is 16.9. The van der Waals surface area contributed by atoms with Crippen molar-refractivity contribution in [2.24, 2.45) is 5.92 Å². The Morgan fingerprint density at radius 2 is 1.95 bits per heavy atom. The maximum absolute atomic E-state index is 12.1. The lowest BCUT2D eigenvalue weighted by molar-refractivity contribution is -0.274. The van der Waals surface area contributed by atoms with Crippen LogP contribution in [0.5, 0.6) is 5.75 Å². The highest BCUT2D eigenvalue weighted by Gasteiger charge is 2.31. The average molecular weight is 319 g/mol. The number of alkyl halides is 3. The molecule has 5 nitrogen and oxygen atoms in total. The molecule has 2 N–H and O–H groups in total. The van der Waals surface area contributed by atoms with Gasteiger partial charge >= 0.3 is 12.3 Å². The largest absolute Gasteiger partial charge is 0.573 e. The minimum atomic E-state index is -4.81. The molecule has 1 atom stereocenters. The fourth-order valence-electron chi connectivity index (χ4n) is 1.78. The lowest BCUT2D eigenvalue weighted by Crippen LogP contribution is -2.44. The molecule has 1 unspecified atom stereocenters. The minimum Gasteiger partial charge on any atom is -0.480 e. The number of aliphatic carboxylic acids is 1. The van der Waals surface area contributed by atoms with E-state index in [1.165, 1.54) is 12.1 Å². The Balaban J connectivity index is 2.72. The number of carboxylic acid groups (broad SMARTS) is 1. The van der Waals surface area contributed by atoms with Gasteiger partial charge in [-0.15, -0.1) is 13.2 Å². The number of nitrogens with one attached hydrogen (secondary N) is 1. The summed E-state index contributed by atoms with van der Waals surface area (Å²) in [7, 11) is 0. The van der Waals surface area contributed by atoms with Crippen molar-refractivity contribution in [1.29, 1.82) is 0 Å². The third kappa shape index (κ3) is 6.02. The van der Waals surface area contributed by atoms with Crippen molar-refractivity contribution in [3.05, 3.63) is 29.8 Å². The van der Waals surface area contributed by atoms with Gasteiger partial charge in [-0.25, -0.2) is 4.79 Å². The van der Waals surface area contributed by atoms with Gasteiger partial charge in [-0.05, 0) is 23.6 Å². The molecule has 0 spiro atoms. The van der Waals surface area contributed by atoms with Crippen molar-refractivity contribution in [2.45, 2.75) is 32.7 Å². The second-order valence-electron chi connectivity index (χ2n) is 5.00. The molecule has 1 amide bonds. The van der Waals surface area contributed by atoms with Gasteiger partial charge in [-0.1, -0.05) is 26.0 Å². The quantitative estimate of drug-likeness (QED) is 0.844. The van der Waals surface area contributed by atoms with Gasteiger partial charge in [0.15, 0.2) is 0 Å². The highest BCUT2D eigenvalue weighted by molar-refractivity contribution is 5.85. The summed E-state index contributed by atoms with van der Waals surface area (Å²) in [6.45, 7) is 3.27. The Morgan fingerprint density at radius 1 is 1.32 bits per heavy atom. The lowest BCUT2D eigenvalue weighted by Gasteiger charge is -2.18. The van der Waals surface area contributed by atoms with Crippen molar-refractivity contribution in [3.63, 3.8) is 0 Å². The third-order valence-electron chi connectivity index (χ3n) is 2.75. The van der Waals surface area contributed by atoms with Crippen LogP contribution >= 0.6 is 0 Å². The highest BCUT2D eigenvalue weighted by atomic mass is 19.4. The van der Waals surface area contributed by atoms with E-state index in [1.54, 1.807) is 13.8 Å². The Kier molecular flexibility index (Phi) is 5.78. The van der Waals surface area contributed by atoms with Crippen LogP contribution in [0.15, 0.2) is 24.3 Å². The number of hydrogen-bond acceptors (Lipinski definition) is 3. The first kappa shape index (κ1) is 17.8. The number of rotatable bonds is 6. The van der Waals surface area contributed by atoms with E-state index in [0.717, 1.165) is 12.1 Å². The topological polar surface area (TPSA) is 75.6 Å². The van der Waals surface area contributed by atoms with Gasteiger partial charge < -0.3 is 15.2 Å². The van der Waals surface area contributed by atoms with Gasteiger partial charge in [0, 0.05) is 0 Å². The van der Waals surface area contributed by atoms with Crippen LogP contribution in [0.4, 0.5) is 13.2 Å². The Hall–Kier alpha value is -2.25. The molecule has 1 aromatic rings. The van der Waals surface area contributed by atoms with Gasteiger partial charge in [0.1, 0.15) is 11.8 Å². The van der Waals surface area contributed by atoms with Crippen LogP contribution in [0.25, 0.3) is 0 Å². The summed E-state index contributed by atoms with van der Waals surface area (Å²) in [6.07, 6.45) is -5.06. The van der Waals surface area contributed by atoms with Gasteiger partial charge in [-0.3, -0.25) is 4.79 Å². The molecule has 122 valence electrons. The molecule has 0 aliphatic heterocycles. The minimum absolute atomic E-state index is 0.244. The van der Waals surface area contributed by atoms with E-state index in [9.17, 15) is 22.8 Å². The second-order valence-corrected chi connectivity index (χ2v) is 5.00. The molecule has 0 fully saturated rings. The summed E-state index contributed by atoms with van der Waals surface area (Å²) in [4.78, 5) is 22.8. The molecule has 0 aliphatic carbocycles. The zero-order valence-corrected chi connectivity index (χ0v) is 12.0. The third-order valence-corrected chi connectivity index (χ3v) is 2.75. The van der Waals surface area contributed by atoms with E-state index in [2.05, 4.69) is 10.1 Å². The molecule has 0 saturated heterocycles. The van der Waals surface area contributed by atoms with Crippen LogP contribution in [0.3, 0.4) is 0 Å². The molecule has 22 heavy (non-hydrogen) atoms. The molecule has 0 aliphatic rings. The van der Waals surface area contributed by atoms with Crippen LogP contribution < -0.4 is 10.1 Å². The molecule has 0 aromatic heterocycles. The summed E-state index contributed by atoms with van der Waals surface area (Å²) in [5.41, 5.74) is 0.284. The van der Waals surface area contributed by atoms with Gasteiger partial charge in [-0.2, -0.15) is 0 Å². The number of carboxylic acids is 1. The fraction of sp³-hybridized carbons (Fsp3) is 0.429. The Labute approximate surface area is 125 Å². The molecular formula is C14H16F3NO4. The monoisotopic (exact) mass is 319 g/mol. The van der Waals surface area contributed by atoms with Gasteiger partial charge in [0.05, 0.1) is 6.42 Å². The van der Waals surface area contributed by atoms with Crippen molar-refractivity contribution < 1.29 is 32.6 Å². The summed E-state index contributed by atoms with van der Waals surface area (Å²) in [6, 6.07) is 3.91. The molecule has 0 saturated carbocycles. The number of carbonyl (C=O) groups is 2. The summed E-state index contributed by atoms with van der Waals surface area (Å²) >= 11 is 0. The summed E-state index contributed by atoms with van der Waals surface area (Å²) < 4.78 is 40.1. The number of carbonyl (C=O) groups excluding carboxylic acids is 1. The average Bonchev–Trinajstić information content (AvgIpc) is 2.33. The predicted molar refractivity (Wildman–Crippen MR) is 71.2 cm³/mol. The van der Waals surface area contributed by atoms with Crippen LogP contribution in [0.1, 0.15) is 19.4 Å². The van der Waals surface area contributed by atoms with Crippen molar-refractivity contribution in [3.8, 4) is 5.75 Å². The number of amides is 1. The number of benzene rings is 1. The van der Waals surface area contributed by atoms with E-state index in [0.29, 0.717) is 0 Å². The van der Waals surface area contributed by atoms with Crippen molar-refractivity contribution in [2.75, 3.05) is 0 Å². The molecular weight excluding hydrogens is 303 g/mol. The molecule has 1 rings (SSSR count). The molecule has 0 radical (unpaired) electrons. The Morgan fingerprint density at radius 3 is 2.45 bits per heavy atom. The van der Waals surface area contributed by atoms with E-state index < -0.39 is 30.0 Å². The normalized spacial score (nSPS) is 12.8. The fourth-order valence-corrected chi connectivity index (χ4v) is 1.78. The van der Waals surface area contributed by atoms with E-state index >= 15 is 0 Å². The van der Waals surface area contributed by atoms with E-state index in [4.69, 9.17) is 5.11 Å². The lowest BCUT2D eigenvalue weighted by atomic mass is 10.0. The number of ether oxygens (including phenoxy) is 1. The van der Waals surface area contributed by atoms with Crippen LogP contribution in [0.2, 0.25) is 0 Å². The summed E-state index contributed by atoms with van der Waals surface area (Å²) in [5, 5.41) is 11.3. The molecule has 0 heterocycles. The van der Waals surface area contributed by atoms with Gasteiger partial charge in [0.25, 0.3) is 0 Å². The number of halogens is 3. The van der Waals surface area contributed by atoms with Gasteiger partial charge in [0.2, 0.25) is 5.91 Å². The first-order valence-corrected chi connectivity index (χ1v) is 6.45. The second kappa shape index (κ2) is 7.15. The molecule has 0 bridgehead atoms. The van der Waals surface area contributed by atoms with Crippen LogP contribution in [0, 0.1) is 5.92 Å². The predicted octanol–water partition coefficient (Wildman–Crippen LogP) is 2.35. The first-order valence-electron chi connectivity index (χ1n) is 6.45. The van der Waals surface area contributed by atoms with Crippen LogP contribution in [-0.2, 0) is 16.0 Å². The standard InChI is InChI=1S/C14H16F3NO4/c1-8(2)12(13(20)21)18-11(19)7-9-4-3-5-10(6-9)22-14(15,16)17/h3-6,8,12H,7H2,1-2H3,(H,18,19)(H,20,21). The zero-order valence-electron chi connectivity index (χ0n) is 12.0. The molecule has 8 heteroatoms. The first-order chi connectivity index (χ1) is 10.1. The maximum atomic E-state index is 12.1. The van der Waals surface area contributed by atoms with Crippen LogP contribution in [-0.4, -0.2) is 29.4 Å². The highest BCUT2D eigenvalue weighted by Crippen LogP contribution is 2.23. The van der Waals surface area contributed by atoms with E-state index in [-0.39, 0.29) is 17.9 Å². The van der Waals surface area contributed by atoms with E-state index in [1.807, 2.05) is 0 Å². The summed E-state index contributed by atoms with van der Waals surface area (Å²) in [5.74, 6) is -2.51. The maximum Gasteiger partial charge on any atom is 0.573 e. The SMILES string of the molecule is CC(C)C(NC(=O)Cc1cccc(OC(F)(F)F)c1)C(=O)O. The smallest absolute Gasteiger partial charge is 0.480 e. The van der Waals surface area contributed by atoms with Crippen molar-refractivity contribution >= 4 is 11.9 Å². The number of hydrogen-bond donors (Lipinski definition) is 2. The Bertz CT molecular complexity index is 543. The molecule has 1 aromatic carbocycles. The van der Waals surface area contributed by atoms with Crippen molar-refractivity contribution in [1.82, 2.24) is 5.32 Å².